The van der Waals surface area contributed by atoms with Crippen LogP contribution in [0.2, 0.25) is 0 Å². The SMILES string of the molecule is CCCCCCCCCC(=O)NCCCCN=CNN. The molecule has 0 atom stereocenters. The van der Waals surface area contributed by atoms with Crippen molar-refractivity contribution in [3.05, 3.63) is 0 Å². The summed E-state index contributed by atoms with van der Waals surface area (Å²) in [5.74, 6) is 5.23. The third-order valence-electron chi connectivity index (χ3n) is 3.21. The fourth-order valence-electron chi connectivity index (χ4n) is 2.00. The monoisotopic (exact) mass is 284 g/mol. The summed E-state index contributed by atoms with van der Waals surface area (Å²) >= 11 is 0. The number of hydrogen-bond donors (Lipinski definition) is 3. The molecule has 0 saturated heterocycles. The van der Waals surface area contributed by atoms with Crippen LogP contribution in [0.3, 0.4) is 0 Å². The molecule has 0 heterocycles. The van der Waals surface area contributed by atoms with Crippen LogP contribution in [0.25, 0.3) is 0 Å². The molecule has 5 heteroatoms. The predicted octanol–water partition coefficient (Wildman–Crippen LogP) is 2.52. The van der Waals surface area contributed by atoms with Crippen molar-refractivity contribution in [2.75, 3.05) is 13.1 Å². The van der Waals surface area contributed by atoms with E-state index in [0.29, 0.717) is 6.42 Å². The van der Waals surface area contributed by atoms with E-state index in [-0.39, 0.29) is 5.91 Å². The third-order valence-corrected chi connectivity index (χ3v) is 3.21. The zero-order valence-electron chi connectivity index (χ0n) is 13.0. The Balaban J connectivity index is 3.19. The van der Waals surface area contributed by atoms with Gasteiger partial charge in [-0.1, -0.05) is 45.4 Å². The van der Waals surface area contributed by atoms with Gasteiger partial charge in [-0.3, -0.25) is 9.79 Å². The van der Waals surface area contributed by atoms with Crippen LogP contribution in [-0.4, -0.2) is 25.3 Å². The van der Waals surface area contributed by atoms with Crippen molar-refractivity contribution in [1.82, 2.24) is 10.7 Å². The molecule has 0 aromatic carbocycles. The number of carbonyl (C=O) groups excluding carboxylic acids is 1. The second-order valence-corrected chi connectivity index (χ2v) is 5.13. The molecular formula is C15H32N4O. The van der Waals surface area contributed by atoms with E-state index in [2.05, 4.69) is 22.7 Å². The van der Waals surface area contributed by atoms with E-state index in [4.69, 9.17) is 5.84 Å². The molecular weight excluding hydrogens is 252 g/mol. The van der Waals surface area contributed by atoms with Gasteiger partial charge in [0.15, 0.2) is 0 Å². The maximum Gasteiger partial charge on any atom is 0.219 e. The number of aliphatic imine (C=N–C) groups is 1. The summed E-state index contributed by atoms with van der Waals surface area (Å²) in [6, 6.07) is 0. The van der Waals surface area contributed by atoms with Gasteiger partial charge in [0.2, 0.25) is 5.91 Å². The van der Waals surface area contributed by atoms with E-state index in [1.54, 1.807) is 0 Å². The molecule has 1 amide bonds. The summed E-state index contributed by atoms with van der Waals surface area (Å²) in [5.41, 5.74) is 2.36. The maximum absolute atomic E-state index is 11.5. The molecule has 5 nitrogen and oxygen atoms in total. The van der Waals surface area contributed by atoms with Crippen molar-refractivity contribution < 1.29 is 4.79 Å². The Kier molecular flexibility index (Phi) is 15.1. The summed E-state index contributed by atoms with van der Waals surface area (Å²) in [6.45, 7) is 3.73. The molecule has 0 aliphatic heterocycles. The summed E-state index contributed by atoms with van der Waals surface area (Å²) in [7, 11) is 0. The normalized spacial score (nSPS) is 10.9. The Morgan fingerprint density at radius 1 is 1.05 bits per heavy atom. The first-order valence-electron chi connectivity index (χ1n) is 8.02. The van der Waals surface area contributed by atoms with Gasteiger partial charge in [0, 0.05) is 19.5 Å². The van der Waals surface area contributed by atoms with E-state index in [1.807, 2.05) is 0 Å². The highest BCUT2D eigenvalue weighted by molar-refractivity contribution is 5.75. The van der Waals surface area contributed by atoms with Crippen LogP contribution in [0, 0.1) is 0 Å². The van der Waals surface area contributed by atoms with Crippen LogP contribution < -0.4 is 16.6 Å². The van der Waals surface area contributed by atoms with Gasteiger partial charge in [-0.05, 0) is 19.3 Å². The van der Waals surface area contributed by atoms with Crippen molar-refractivity contribution in [2.24, 2.45) is 10.8 Å². The number of nitrogens with two attached hydrogens (primary N) is 1. The molecule has 20 heavy (non-hydrogen) atoms. The van der Waals surface area contributed by atoms with Gasteiger partial charge >= 0.3 is 0 Å². The van der Waals surface area contributed by atoms with Crippen molar-refractivity contribution in [1.29, 1.82) is 0 Å². The number of amides is 1. The van der Waals surface area contributed by atoms with Gasteiger partial charge in [0.1, 0.15) is 0 Å². The fraction of sp³-hybridized carbons (Fsp3) is 0.867. The Hall–Kier alpha value is -1.10. The van der Waals surface area contributed by atoms with Crippen molar-refractivity contribution >= 4 is 12.2 Å². The average Bonchev–Trinajstić information content (AvgIpc) is 2.45. The van der Waals surface area contributed by atoms with Gasteiger partial charge in [-0.25, -0.2) is 5.84 Å². The van der Waals surface area contributed by atoms with Crippen LogP contribution in [-0.2, 0) is 4.79 Å². The summed E-state index contributed by atoms with van der Waals surface area (Å²) in [5, 5.41) is 2.95. The quantitative estimate of drug-likeness (QED) is 0.151. The Morgan fingerprint density at radius 3 is 2.45 bits per heavy atom. The van der Waals surface area contributed by atoms with Gasteiger partial charge in [-0.15, -0.1) is 0 Å². The van der Waals surface area contributed by atoms with Crippen molar-refractivity contribution in [3.8, 4) is 0 Å². The molecule has 0 saturated carbocycles. The average molecular weight is 284 g/mol. The molecule has 0 rings (SSSR count). The van der Waals surface area contributed by atoms with Crippen molar-refractivity contribution in [2.45, 2.75) is 71.1 Å². The first-order valence-corrected chi connectivity index (χ1v) is 8.02. The predicted molar refractivity (Wildman–Crippen MR) is 85.5 cm³/mol. The molecule has 4 N–H and O–H groups in total. The minimum atomic E-state index is 0.186. The minimum absolute atomic E-state index is 0.186. The van der Waals surface area contributed by atoms with Crippen LogP contribution in [0.1, 0.15) is 71.1 Å². The third kappa shape index (κ3) is 15.0. The number of nitrogens with one attached hydrogen (secondary N) is 2. The number of unbranched alkanes of at least 4 members (excludes halogenated alkanes) is 7. The second-order valence-electron chi connectivity index (χ2n) is 5.13. The zero-order chi connectivity index (χ0) is 14.9. The van der Waals surface area contributed by atoms with Crippen LogP contribution in [0.15, 0.2) is 4.99 Å². The second kappa shape index (κ2) is 16.0. The number of rotatable bonds is 14. The van der Waals surface area contributed by atoms with Gasteiger partial charge in [0.05, 0.1) is 6.34 Å². The summed E-state index contributed by atoms with van der Waals surface area (Å²) in [4.78, 5) is 15.6. The minimum Gasteiger partial charge on any atom is -0.356 e. The molecule has 0 spiro atoms. The molecule has 0 unspecified atom stereocenters. The lowest BCUT2D eigenvalue weighted by atomic mass is 10.1. The lowest BCUT2D eigenvalue weighted by molar-refractivity contribution is -0.121. The largest absolute Gasteiger partial charge is 0.356 e. The molecule has 0 aliphatic rings. The highest BCUT2D eigenvalue weighted by atomic mass is 16.1. The number of hydrogen-bond acceptors (Lipinski definition) is 3. The molecule has 0 aliphatic carbocycles. The van der Waals surface area contributed by atoms with E-state index in [1.165, 1.54) is 44.9 Å². The number of nitrogens with zero attached hydrogens (tertiary/aromatic N) is 1. The lowest BCUT2D eigenvalue weighted by Gasteiger charge is -2.04. The fourth-order valence-corrected chi connectivity index (χ4v) is 2.00. The van der Waals surface area contributed by atoms with Crippen LogP contribution in [0.5, 0.6) is 0 Å². The zero-order valence-corrected chi connectivity index (χ0v) is 13.0. The van der Waals surface area contributed by atoms with Crippen LogP contribution >= 0.6 is 0 Å². The molecule has 118 valence electrons. The highest BCUT2D eigenvalue weighted by Gasteiger charge is 2.00. The molecule has 0 radical (unpaired) electrons. The summed E-state index contributed by atoms with van der Waals surface area (Å²) < 4.78 is 0. The highest BCUT2D eigenvalue weighted by Crippen LogP contribution is 2.08. The van der Waals surface area contributed by atoms with Crippen LogP contribution in [0.4, 0.5) is 0 Å². The first kappa shape index (κ1) is 18.9. The molecule has 0 bridgehead atoms. The van der Waals surface area contributed by atoms with E-state index >= 15 is 0 Å². The molecule has 0 aromatic rings. The molecule has 0 aromatic heterocycles. The topological polar surface area (TPSA) is 79.5 Å². The van der Waals surface area contributed by atoms with Gasteiger partial charge in [0.25, 0.3) is 0 Å². The smallest absolute Gasteiger partial charge is 0.219 e. The van der Waals surface area contributed by atoms with Gasteiger partial charge < -0.3 is 10.7 Å². The van der Waals surface area contributed by atoms with Crippen molar-refractivity contribution in [3.63, 3.8) is 0 Å². The van der Waals surface area contributed by atoms with E-state index in [9.17, 15) is 4.79 Å². The Morgan fingerprint density at radius 2 is 1.75 bits per heavy atom. The number of hydrazine groups is 1. The van der Waals surface area contributed by atoms with E-state index in [0.717, 1.165) is 32.4 Å². The standard InChI is InChI=1S/C15H32N4O/c1-2-3-4-5-6-7-8-11-15(20)18-13-10-9-12-17-14-19-16/h14H,2-13,16H2,1H3,(H,17,19)(H,18,20). The lowest BCUT2D eigenvalue weighted by Crippen LogP contribution is -2.24. The first-order chi connectivity index (χ1) is 9.81. The Bertz CT molecular complexity index is 244. The summed E-state index contributed by atoms with van der Waals surface area (Å²) in [6.07, 6.45) is 12.8. The molecule has 0 fully saturated rings. The van der Waals surface area contributed by atoms with Gasteiger partial charge in [-0.2, -0.15) is 0 Å². The Labute approximate surface area is 123 Å². The number of carbonyl (C=O) groups is 1. The maximum atomic E-state index is 11.5. The van der Waals surface area contributed by atoms with E-state index < -0.39 is 0 Å².